The van der Waals surface area contributed by atoms with E-state index >= 15 is 0 Å². The molecule has 0 heterocycles. The van der Waals surface area contributed by atoms with Gasteiger partial charge in [-0.25, -0.2) is 0 Å². The maximum atomic E-state index is 11.3. The zero-order chi connectivity index (χ0) is 12.1. The van der Waals surface area contributed by atoms with Crippen LogP contribution in [0.5, 0.6) is 0 Å². The number of carbonyl (C=O) groups is 1. The Morgan fingerprint density at radius 1 is 1.25 bits per heavy atom. The predicted molar refractivity (Wildman–Crippen MR) is 66.5 cm³/mol. The van der Waals surface area contributed by atoms with Crippen LogP contribution in [0.4, 0.5) is 0 Å². The van der Waals surface area contributed by atoms with Gasteiger partial charge < -0.3 is 5.32 Å². The fourth-order valence-corrected chi connectivity index (χ4v) is 1.64. The lowest BCUT2D eigenvalue weighted by molar-refractivity contribution is -0.122. The van der Waals surface area contributed by atoms with Gasteiger partial charge in [-0.1, -0.05) is 23.7 Å². The van der Waals surface area contributed by atoms with E-state index in [-0.39, 0.29) is 18.0 Å². The van der Waals surface area contributed by atoms with Crippen molar-refractivity contribution in [3.05, 3.63) is 34.9 Å². The Kier molecular flexibility index (Phi) is 4.77. The van der Waals surface area contributed by atoms with Gasteiger partial charge in [0.05, 0.1) is 6.04 Å². The molecule has 0 saturated carbocycles. The molecule has 0 spiro atoms. The first kappa shape index (κ1) is 13.0. The molecular weight excluding hydrogens is 224 g/mol. The highest BCUT2D eigenvalue weighted by Crippen LogP contribution is 2.16. The first-order chi connectivity index (χ1) is 7.54. The number of likely N-dealkylation sites (N-methyl/N-ethyl adjacent to an activating group) is 1. The molecule has 1 rings (SSSR count). The summed E-state index contributed by atoms with van der Waals surface area (Å²) in [4.78, 5) is 11.3. The van der Waals surface area contributed by atoms with Crippen molar-refractivity contribution in [1.82, 2.24) is 10.6 Å². The fourth-order valence-electron chi connectivity index (χ4n) is 1.51. The Balaban J connectivity index is 2.61. The zero-order valence-corrected chi connectivity index (χ0v) is 10.5. The van der Waals surface area contributed by atoms with Crippen LogP contribution in [0.1, 0.15) is 25.5 Å². The quantitative estimate of drug-likeness (QED) is 0.847. The molecule has 0 aliphatic heterocycles. The van der Waals surface area contributed by atoms with Crippen LogP contribution in [0.3, 0.4) is 0 Å². The van der Waals surface area contributed by atoms with Crippen molar-refractivity contribution in [2.75, 3.05) is 7.05 Å². The van der Waals surface area contributed by atoms with Gasteiger partial charge in [0.15, 0.2) is 0 Å². The molecule has 0 aliphatic rings. The van der Waals surface area contributed by atoms with Gasteiger partial charge in [-0.3, -0.25) is 10.1 Å². The third-order valence-electron chi connectivity index (χ3n) is 2.51. The third-order valence-corrected chi connectivity index (χ3v) is 2.76. The smallest absolute Gasteiger partial charge is 0.236 e. The minimum Gasteiger partial charge on any atom is -0.358 e. The van der Waals surface area contributed by atoms with Gasteiger partial charge >= 0.3 is 0 Å². The average Bonchev–Trinajstić information content (AvgIpc) is 2.28. The average molecular weight is 241 g/mol. The summed E-state index contributed by atoms with van der Waals surface area (Å²) < 4.78 is 0. The van der Waals surface area contributed by atoms with Crippen molar-refractivity contribution in [2.45, 2.75) is 25.9 Å². The minimum absolute atomic E-state index is 0.0131. The molecule has 2 N–H and O–H groups in total. The van der Waals surface area contributed by atoms with Crippen LogP contribution in [0, 0.1) is 0 Å². The summed E-state index contributed by atoms with van der Waals surface area (Å²) in [5.74, 6) is -0.0131. The molecular formula is C12H17ClN2O. The van der Waals surface area contributed by atoms with Crippen LogP contribution in [0.15, 0.2) is 24.3 Å². The Labute approximate surface area is 101 Å². The molecule has 1 aromatic carbocycles. The highest BCUT2D eigenvalue weighted by Gasteiger charge is 2.14. The predicted octanol–water partition coefficient (Wildman–Crippen LogP) is 2.13. The lowest BCUT2D eigenvalue weighted by atomic mass is 10.1. The van der Waals surface area contributed by atoms with E-state index in [4.69, 9.17) is 11.6 Å². The van der Waals surface area contributed by atoms with E-state index in [1.165, 1.54) is 0 Å². The van der Waals surface area contributed by atoms with Crippen molar-refractivity contribution in [3.8, 4) is 0 Å². The van der Waals surface area contributed by atoms with E-state index in [9.17, 15) is 4.79 Å². The highest BCUT2D eigenvalue weighted by molar-refractivity contribution is 6.30. The zero-order valence-electron chi connectivity index (χ0n) is 9.75. The summed E-state index contributed by atoms with van der Waals surface area (Å²) in [6.07, 6.45) is 0. The summed E-state index contributed by atoms with van der Waals surface area (Å²) in [5.41, 5.74) is 1.11. The standard InChI is InChI=1S/C12H17ClN2O/c1-8(15-9(2)12(16)14-3)10-4-6-11(13)7-5-10/h4-9,15H,1-3H3,(H,14,16)/t8-,9+/m0/s1. The molecule has 16 heavy (non-hydrogen) atoms. The van der Waals surface area contributed by atoms with Crippen LogP contribution < -0.4 is 10.6 Å². The van der Waals surface area contributed by atoms with Gasteiger partial charge in [-0.05, 0) is 31.5 Å². The number of amides is 1. The van der Waals surface area contributed by atoms with Gasteiger partial charge in [0.2, 0.25) is 5.91 Å². The Morgan fingerprint density at radius 3 is 2.31 bits per heavy atom. The van der Waals surface area contributed by atoms with E-state index in [0.717, 1.165) is 10.6 Å². The lowest BCUT2D eigenvalue weighted by Crippen LogP contribution is -2.41. The number of nitrogens with one attached hydrogen (secondary N) is 2. The number of hydrogen-bond acceptors (Lipinski definition) is 2. The van der Waals surface area contributed by atoms with Crippen molar-refractivity contribution in [2.24, 2.45) is 0 Å². The summed E-state index contributed by atoms with van der Waals surface area (Å²) >= 11 is 5.81. The van der Waals surface area contributed by atoms with Crippen LogP contribution >= 0.6 is 11.6 Å². The lowest BCUT2D eigenvalue weighted by Gasteiger charge is -2.19. The van der Waals surface area contributed by atoms with Crippen molar-refractivity contribution >= 4 is 17.5 Å². The van der Waals surface area contributed by atoms with Crippen LogP contribution in [-0.2, 0) is 4.79 Å². The highest BCUT2D eigenvalue weighted by atomic mass is 35.5. The molecule has 1 aromatic rings. The molecule has 1 amide bonds. The van der Waals surface area contributed by atoms with Gasteiger partial charge in [0.1, 0.15) is 0 Å². The molecule has 0 fully saturated rings. The molecule has 88 valence electrons. The first-order valence-corrected chi connectivity index (χ1v) is 5.65. The van der Waals surface area contributed by atoms with E-state index in [0.29, 0.717) is 0 Å². The summed E-state index contributed by atoms with van der Waals surface area (Å²) in [6.45, 7) is 3.86. The maximum absolute atomic E-state index is 11.3. The number of rotatable bonds is 4. The molecule has 0 unspecified atom stereocenters. The Bertz CT molecular complexity index is 351. The summed E-state index contributed by atoms with van der Waals surface area (Å²) in [5, 5.41) is 6.54. The second kappa shape index (κ2) is 5.87. The van der Waals surface area contributed by atoms with Crippen molar-refractivity contribution < 1.29 is 4.79 Å². The first-order valence-electron chi connectivity index (χ1n) is 5.27. The number of carbonyl (C=O) groups excluding carboxylic acids is 1. The van der Waals surface area contributed by atoms with Gasteiger partial charge in [0.25, 0.3) is 0 Å². The monoisotopic (exact) mass is 240 g/mol. The van der Waals surface area contributed by atoms with Gasteiger partial charge in [0, 0.05) is 18.1 Å². The third kappa shape index (κ3) is 3.51. The molecule has 2 atom stereocenters. The van der Waals surface area contributed by atoms with Gasteiger partial charge in [-0.2, -0.15) is 0 Å². The topological polar surface area (TPSA) is 41.1 Å². The molecule has 4 heteroatoms. The van der Waals surface area contributed by atoms with E-state index in [1.807, 2.05) is 38.1 Å². The van der Waals surface area contributed by atoms with Crippen molar-refractivity contribution in [1.29, 1.82) is 0 Å². The van der Waals surface area contributed by atoms with Crippen LogP contribution in [-0.4, -0.2) is 19.0 Å². The van der Waals surface area contributed by atoms with E-state index in [1.54, 1.807) is 7.05 Å². The summed E-state index contributed by atoms with van der Waals surface area (Å²) in [6, 6.07) is 7.51. The normalized spacial score (nSPS) is 14.2. The molecule has 3 nitrogen and oxygen atoms in total. The van der Waals surface area contributed by atoms with E-state index in [2.05, 4.69) is 10.6 Å². The SMILES string of the molecule is CNC(=O)[C@@H](C)N[C@@H](C)c1ccc(Cl)cc1. The van der Waals surface area contributed by atoms with Crippen molar-refractivity contribution in [3.63, 3.8) is 0 Å². The number of hydrogen-bond donors (Lipinski definition) is 2. The Hall–Kier alpha value is -1.06. The van der Waals surface area contributed by atoms with Gasteiger partial charge in [-0.15, -0.1) is 0 Å². The Morgan fingerprint density at radius 2 is 1.81 bits per heavy atom. The minimum atomic E-state index is -0.212. The second-order valence-electron chi connectivity index (χ2n) is 3.78. The maximum Gasteiger partial charge on any atom is 0.236 e. The van der Waals surface area contributed by atoms with E-state index < -0.39 is 0 Å². The second-order valence-corrected chi connectivity index (χ2v) is 4.21. The molecule has 0 radical (unpaired) electrons. The summed E-state index contributed by atoms with van der Waals surface area (Å²) in [7, 11) is 1.63. The van der Waals surface area contributed by atoms with Crippen LogP contribution in [0.2, 0.25) is 5.02 Å². The molecule has 0 saturated heterocycles. The molecule has 0 bridgehead atoms. The number of halogens is 1. The number of benzene rings is 1. The largest absolute Gasteiger partial charge is 0.358 e. The van der Waals surface area contributed by atoms with Crippen LogP contribution in [0.25, 0.3) is 0 Å². The molecule has 0 aromatic heterocycles. The fraction of sp³-hybridized carbons (Fsp3) is 0.417. The molecule has 0 aliphatic carbocycles.